The minimum absolute atomic E-state index is 0.289. The maximum Gasteiger partial charge on any atom is 0.338 e. The third kappa shape index (κ3) is 2.61. The molecule has 16 heavy (non-hydrogen) atoms. The number of pyridine rings is 1. The van der Waals surface area contributed by atoms with Crippen LogP contribution < -0.4 is 0 Å². The molecule has 0 saturated carbocycles. The molecule has 3 nitrogen and oxygen atoms in total. The van der Waals surface area contributed by atoms with Gasteiger partial charge in [0, 0.05) is 5.69 Å². The zero-order valence-corrected chi connectivity index (χ0v) is 11.4. The molecule has 0 aromatic carbocycles. The van der Waals surface area contributed by atoms with E-state index in [9.17, 15) is 4.79 Å². The van der Waals surface area contributed by atoms with Crippen LogP contribution in [0.25, 0.3) is 0 Å². The SMILES string of the molecule is CCCCc1c(C)nc(Br)c(C(=O)O)c1C. The van der Waals surface area contributed by atoms with Crippen LogP contribution in [0, 0.1) is 13.8 Å². The van der Waals surface area contributed by atoms with Crippen LogP contribution in [0.5, 0.6) is 0 Å². The van der Waals surface area contributed by atoms with Crippen molar-refractivity contribution >= 4 is 21.9 Å². The van der Waals surface area contributed by atoms with Crippen molar-refractivity contribution in [3.63, 3.8) is 0 Å². The van der Waals surface area contributed by atoms with Crippen molar-refractivity contribution in [2.24, 2.45) is 0 Å². The normalized spacial score (nSPS) is 10.5. The highest BCUT2D eigenvalue weighted by atomic mass is 79.9. The van der Waals surface area contributed by atoms with Crippen molar-refractivity contribution in [2.75, 3.05) is 0 Å². The lowest BCUT2D eigenvalue weighted by molar-refractivity contribution is 0.0694. The monoisotopic (exact) mass is 285 g/mol. The zero-order valence-electron chi connectivity index (χ0n) is 9.80. The van der Waals surface area contributed by atoms with Gasteiger partial charge in [-0.2, -0.15) is 0 Å². The minimum atomic E-state index is -0.922. The molecule has 0 fully saturated rings. The number of rotatable bonds is 4. The molecule has 0 radical (unpaired) electrons. The van der Waals surface area contributed by atoms with Crippen molar-refractivity contribution in [2.45, 2.75) is 40.0 Å². The topological polar surface area (TPSA) is 50.2 Å². The predicted octanol–water partition coefficient (Wildman–Crippen LogP) is 3.50. The highest BCUT2D eigenvalue weighted by Crippen LogP contribution is 2.25. The molecule has 1 aromatic heterocycles. The summed E-state index contributed by atoms with van der Waals surface area (Å²) in [6.07, 6.45) is 3.05. The van der Waals surface area contributed by atoms with Crippen LogP contribution in [0.4, 0.5) is 0 Å². The van der Waals surface area contributed by atoms with E-state index in [0.717, 1.165) is 36.1 Å². The van der Waals surface area contributed by atoms with E-state index >= 15 is 0 Å². The average Bonchev–Trinajstić information content (AvgIpc) is 2.16. The fourth-order valence-corrected chi connectivity index (χ4v) is 2.55. The number of carbonyl (C=O) groups is 1. The Labute approximate surface area is 104 Å². The predicted molar refractivity (Wildman–Crippen MR) is 67.0 cm³/mol. The number of hydrogen-bond donors (Lipinski definition) is 1. The molecular formula is C12H16BrNO2. The van der Waals surface area contributed by atoms with Gasteiger partial charge in [-0.05, 0) is 53.7 Å². The Morgan fingerprint density at radius 3 is 2.56 bits per heavy atom. The number of unbranched alkanes of at least 4 members (excludes halogenated alkanes) is 1. The number of carboxylic acid groups (broad SMARTS) is 1. The maximum atomic E-state index is 11.1. The Balaban J connectivity index is 3.27. The van der Waals surface area contributed by atoms with E-state index in [1.165, 1.54) is 0 Å². The first-order valence-corrected chi connectivity index (χ1v) is 6.17. The Morgan fingerprint density at radius 1 is 1.44 bits per heavy atom. The molecule has 1 N–H and O–H groups in total. The van der Waals surface area contributed by atoms with Gasteiger partial charge in [0.15, 0.2) is 0 Å². The Morgan fingerprint density at radius 2 is 2.06 bits per heavy atom. The van der Waals surface area contributed by atoms with E-state index in [2.05, 4.69) is 27.8 Å². The molecule has 88 valence electrons. The largest absolute Gasteiger partial charge is 0.478 e. The molecular weight excluding hydrogens is 270 g/mol. The second-order valence-electron chi connectivity index (χ2n) is 3.88. The third-order valence-corrected chi connectivity index (χ3v) is 3.30. The molecule has 1 aromatic rings. The van der Waals surface area contributed by atoms with Crippen LogP contribution in [-0.2, 0) is 6.42 Å². The van der Waals surface area contributed by atoms with Crippen molar-refractivity contribution < 1.29 is 9.90 Å². The van der Waals surface area contributed by atoms with Gasteiger partial charge in [-0.15, -0.1) is 0 Å². The molecule has 0 aliphatic rings. The number of aromatic carboxylic acids is 1. The van der Waals surface area contributed by atoms with E-state index in [1.807, 2.05) is 13.8 Å². The second-order valence-corrected chi connectivity index (χ2v) is 4.63. The lowest BCUT2D eigenvalue weighted by Crippen LogP contribution is -2.08. The standard InChI is InChI=1S/C12H16BrNO2/c1-4-5-6-9-7(2)10(12(15)16)11(13)14-8(9)3/h4-6H2,1-3H3,(H,15,16). The first-order valence-electron chi connectivity index (χ1n) is 5.37. The summed E-state index contributed by atoms with van der Waals surface area (Å²) in [5.74, 6) is -0.922. The summed E-state index contributed by atoms with van der Waals surface area (Å²) in [4.78, 5) is 15.4. The highest BCUT2D eigenvalue weighted by molar-refractivity contribution is 9.10. The summed E-state index contributed by atoms with van der Waals surface area (Å²) < 4.78 is 0.426. The molecule has 1 rings (SSSR count). The van der Waals surface area contributed by atoms with Gasteiger partial charge in [-0.3, -0.25) is 0 Å². The molecule has 0 amide bonds. The van der Waals surface area contributed by atoms with Crippen LogP contribution in [0.2, 0.25) is 0 Å². The second kappa shape index (κ2) is 5.43. The molecule has 0 spiro atoms. The zero-order chi connectivity index (χ0) is 12.3. The number of aromatic nitrogens is 1. The quantitative estimate of drug-likeness (QED) is 0.862. The van der Waals surface area contributed by atoms with Crippen molar-refractivity contribution in [3.8, 4) is 0 Å². The Bertz CT molecular complexity index is 416. The van der Waals surface area contributed by atoms with Gasteiger partial charge in [0.25, 0.3) is 0 Å². The molecule has 0 aliphatic heterocycles. The van der Waals surface area contributed by atoms with Crippen LogP contribution in [0.15, 0.2) is 4.60 Å². The number of halogens is 1. The first-order chi connectivity index (χ1) is 7.49. The van der Waals surface area contributed by atoms with Crippen LogP contribution in [0.1, 0.15) is 46.9 Å². The van der Waals surface area contributed by atoms with Gasteiger partial charge in [-0.25, -0.2) is 9.78 Å². The lowest BCUT2D eigenvalue weighted by atomic mass is 9.98. The Kier molecular flexibility index (Phi) is 4.47. The molecule has 4 heteroatoms. The van der Waals surface area contributed by atoms with Gasteiger partial charge < -0.3 is 5.11 Å². The Hall–Kier alpha value is -0.900. The summed E-state index contributed by atoms with van der Waals surface area (Å²) in [5.41, 5.74) is 3.11. The molecule has 0 aliphatic carbocycles. The lowest BCUT2D eigenvalue weighted by Gasteiger charge is -2.12. The molecule has 0 unspecified atom stereocenters. The minimum Gasteiger partial charge on any atom is -0.478 e. The van der Waals surface area contributed by atoms with E-state index in [4.69, 9.17) is 5.11 Å². The molecule has 1 heterocycles. The number of hydrogen-bond acceptors (Lipinski definition) is 2. The average molecular weight is 286 g/mol. The smallest absolute Gasteiger partial charge is 0.338 e. The van der Waals surface area contributed by atoms with Gasteiger partial charge in [0.05, 0.1) is 5.56 Å². The van der Waals surface area contributed by atoms with Gasteiger partial charge in [0.1, 0.15) is 4.60 Å². The van der Waals surface area contributed by atoms with Crippen LogP contribution in [-0.4, -0.2) is 16.1 Å². The number of carboxylic acids is 1. The van der Waals surface area contributed by atoms with Crippen LogP contribution >= 0.6 is 15.9 Å². The van der Waals surface area contributed by atoms with Crippen molar-refractivity contribution in [3.05, 3.63) is 27.0 Å². The molecule has 0 saturated heterocycles. The van der Waals surface area contributed by atoms with E-state index < -0.39 is 5.97 Å². The first kappa shape index (κ1) is 13.2. The summed E-state index contributed by atoms with van der Waals surface area (Å²) in [7, 11) is 0. The van der Waals surface area contributed by atoms with E-state index in [0.29, 0.717) is 4.60 Å². The summed E-state index contributed by atoms with van der Waals surface area (Å²) in [5, 5.41) is 9.12. The van der Waals surface area contributed by atoms with Crippen LogP contribution in [0.3, 0.4) is 0 Å². The highest BCUT2D eigenvalue weighted by Gasteiger charge is 2.17. The fourth-order valence-electron chi connectivity index (χ4n) is 1.82. The van der Waals surface area contributed by atoms with E-state index in [-0.39, 0.29) is 5.56 Å². The van der Waals surface area contributed by atoms with Crippen molar-refractivity contribution in [1.29, 1.82) is 0 Å². The van der Waals surface area contributed by atoms with Crippen molar-refractivity contribution in [1.82, 2.24) is 4.98 Å². The van der Waals surface area contributed by atoms with Gasteiger partial charge in [-0.1, -0.05) is 13.3 Å². The molecule has 0 bridgehead atoms. The number of nitrogens with zero attached hydrogens (tertiary/aromatic N) is 1. The maximum absolute atomic E-state index is 11.1. The summed E-state index contributed by atoms with van der Waals surface area (Å²) in [6.45, 7) is 5.90. The molecule has 0 atom stereocenters. The number of aryl methyl sites for hydroxylation is 1. The van der Waals surface area contributed by atoms with E-state index in [1.54, 1.807) is 0 Å². The van der Waals surface area contributed by atoms with Gasteiger partial charge >= 0.3 is 5.97 Å². The summed E-state index contributed by atoms with van der Waals surface area (Å²) in [6, 6.07) is 0. The summed E-state index contributed by atoms with van der Waals surface area (Å²) >= 11 is 3.21. The van der Waals surface area contributed by atoms with Gasteiger partial charge in [0.2, 0.25) is 0 Å². The fraction of sp³-hybridized carbons (Fsp3) is 0.500. The third-order valence-electron chi connectivity index (χ3n) is 2.73.